The number of hydrogen-bond donors (Lipinski definition) is 0. The normalized spacial score (nSPS) is 65.2. The molecule has 4 fully saturated rings. The van der Waals surface area contributed by atoms with Crippen LogP contribution in [0.2, 0.25) is 0 Å². The Balaban J connectivity index is 1.85. The van der Waals surface area contributed by atoms with Gasteiger partial charge in [0.15, 0.2) is 0 Å². The van der Waals surface area contributed by atoms with E-state index < -0.39 is 0 Å². The van der Waals surface area contributed by atoms with E-state index >= 15 is 0 Å². The summed E-state index contributed by atoms with van der Waals surface area (Å²) in [6, 6.07) is 0. The fourth-order valence-corrected chi connectivity index (χ4v) is 6.21. The molecular formula is C15H24O. The van der Waals surface area contributed by atoms with Crippen molar-refractivity contribution in [3.8, 4) is 0 Å². The number of ether oxygens (including phenoxy) is 1. The van der Waals surface area contributed by atoms with Gasteiger partial charge in [0.2, 0.25) is 0 Å². The topological polar surface area (TPSA) is 12.5 Å². The maximum Gasteiger partial charge on any atom is 0.0954 e. The predicted molar refractivity (Wildman–Crippen MR) is 64.1 cm³/mol. The van der Waals surface area contributed by atoms with Gasteiger partial charge < -0.3 is 4.74 Å². The van der Waals surface area contributed by atoms with Gasteiger partial charge in [-0.15, -0.1) is 0 Å². The standard InChI is InChI=1S/C15H24O/c1-9-5-6-10-13(2,3)11-7-15(9,10)8-12-14(11,4)16-12/h9-12H,5-8H2,1-4H3/t9-,10+,11-,12+,14-,15-/m1/s1. The number of fused-ring (bicyclic) bond motifs is 3. The van der Waals surface area contributed by atoms with Crippen LogP contribution in [0.15, 0.2) is 0 Å². The molecule has 1 aliphatic heterocycles. The molecule has 3 aliphatic carbocycles. The molecule has 1 spiro atoms. The summed E-state index contributed by atoms with van der Waals surface area (Å²) < 4.78 is 6.09. The summed E-state index contributed by atoms with van der Waals surface area (Å²) in [5.41, 5.74) is 1.44. The summed E-state index contributed by atoms with van der Waals surface area (Å²) in [6.07, 6.45) is 6.38. The average molecular weight is 220 g/mol. The van der Waals surface area contributed by atoms with E-state index in [0.29, 0.717) is 16.9 Å². The van der Waals surface area contributed by atoms with Crippen LogP contribution in [0, 0.1) is 28.6 Å². The molecule has 0 aromatic heterocycles. The summed E-state index contributed by atoms with van der Waals surface area (Å²) in [5.74, 6) is 2.75. The summed E-state index contributed by atoms with van der Waals surface area (Å²) >= 11 is 0. The van der Waals surface area contributed by atoms with Crippen molar-refractivity contribution >= 4 is 0 Å². The SMILES string of the molecule is C[C@@H]1CC[C@H]2C(C)(C)[C@H]3C[C@@]12C[C@@H]1O[C@@]13C. The van der Waals surface area contributed by atoms with Crippen LogP contribution in [0.5, 0.6) is 0 Å². The van der Waals surface area contributed by atoms with Crippen LogP contribution in [0.3, 0.4) is 0 Å². The first kappa shape index (κ1) is 9.94. The third kappa shape index (κ3) is 0.805. The molecule has 3 saturated carbocycles. The monoisotopic (exact) mass is 220 g/mol. The highest BCUT2D eigenvalue weighted by Gasteiger charge is 2.76. The summed E-state index contributed by atoms with van der Waals surface area (Å²) in [5, 5.41) is 0. The van der Waals surface area contributed by atoms with E-state index in [1.807, 2.05) is 0 Å². The summed E-state index contributed by atoms with van der Waals surface area (Å²) in [4.78, 5) is 0. The Labute approximate surface area is 98.9 Å². The first-order chi connectivity index (χ1) is 7.41. The molecule has 90 valence electrons. The van der Waals surface area contributed by atoms with E-state index in [4.69, 9.17) is 4.74 Å². The molecule has 2 bridgehead atoms. The van der Waals surface area contributed by atoms with E-state index in [1.54, 1.807) is 0 Å². The highest BCUT2D eigenvalue weighted by atomic mass is 16.6. The van der Waals surface area contributed by atoms with Gasteiger partial charge in [-0.2, -0.15) is 0 Å². The van der Waals surface area contributed by atoms with Gasteiger partial charge in [-0.3, -0.25) is 0 Å². The van der Waals surface area contributed by atoms with Crippen LogP contribution >= 0.6 is 0 Å². The van der Waals surface area contributed by atoms with Gasteiger partial charge in [-0.25, -0.2) is 0 Å². The maximum atomic E-state index is 6.09. The van der Waals surface area contributed by atoms with Gasteiger partial charge in [0, 0.05) is 0 Å². The van der Waals surface area contributed by atoms with Crippen molar-refractivity contribution in [2.24, 2.45) is 28.6 Å². The minimum absolute atomic E-state index is 0.263. The van der Waals surface area contributed by atoms with Crippen molar-refractivity contribution in [2.75, 3.05) is 0 Å². The molecule has 0 unspecified atom stereocenters. The zero-order valence-corrected chi connectivity index (χ0v) is 11.0. The number of rotatable bonds is 0. The molecular weight excluding hydrogens is 196 g/mol. The van der Waals surface area contributed by atoms with Gasteiger partial charge >= 0.3 is 0 Å². The number of hydrogen-bond acceptors (Lipinski definition) is 1. The summed E-state index contributed by atoms with van der Waals surface area (Å²) in [7, 11) is 0. The molecule has 0 aromatic rings. The van der Waals surface area contributed by atoms with Crippen LogP contribution < -0.4 is 0 Å². The van der Waals surface area contributed by atoms with Gasteiger partial charge in [0.25, 0.3) is 0 Å². The summed E-state index contributed by atoms with van der Waals surface area (Å²) in [6.45, 7) is 9.93. The minimum atomic E-state index is 0.263. The molecule has 0 N–H and O–H groups in total. The lowest BCUT2D eigenvalue weighted by molar-refractivity contribution is 0.0866. The fraction of sp³-hybridized carbons (Fsp3) is 1.00. The van der Waals surface area contributed by atoms with Crippen LogP contribution in [0.25, 0.3) is 0 Å². The Morgan fingerprint density at radius 2 is 1.75 bits per heavy atom. The lowest BCUT2D eigenvalue weighted by Gasteiger charge is -2.37. The third-order valence-corrected chi connectivity index (χ3v) is 7.18. The zero-order chi connectivity index (χ0) is 11.3. The van der Waals surface area contributed by atoms with Gasteiger partial charge in [-0.1, -0.05) is 20.8 Å². The Hall–Kier alpha value is -0.0400. The van der Waals surface area contributed by atoms with Crippen molar-refractivity contribution in [1.29, 1.82) is 0 Å². The maximum absolute atomic E-state index is 6.09. The molecule has 6 atom stereocenters. The lowest BCUT2D eigenvalue weighted by atomic mass is 9.66. The number of epoxide rings is 1. The van der Waals surface area contributed by atoms with Crippen LogP contribution in [-0.4, -0.2) is 11.7 Å². The second kappa shape index (κ2) is 2.39. The zero-order valence-electron chi connectivity index (χ0n) is 11.0. The molecule has 16 heavy (non-hydrogen) atoms. The molecule has 0 aromatic carbocycles. The van der Waals surface area contributed by atoms with Crippen LogP contribution in [0.1, 0.15) is 53.4 Å². The van der Waals surface area contributed by atoms with Gasteiger partial charge in [0.1, 0.15) is 0 Å². The minimum Gasteiger partial charge on any atom is -0.366 e. The second-order valence-electron chi connectivity index (χ2n) is 7.84. The molecule has 1 heterocycles. The van der Waals surface area contributed by atoms with Crippen LogP contribution in [0.4, 0.5) is 0 Å². The molecule has 4 rings (SSSR count). The van der Waals surface area contributed by atoms with Crippen molar-refractivity contribution in [1.82, 2.24) is 0 Å². The van der Waals surface area contributed by atoms with E-state index in [1.165, 1.54) is 25.7 Å². The molecule has 1 heteroatoms. The van der Waals surface area contributed by atoms with Gasteiger partial charge in [0.05, 0.1) is 11.7 Å². The molecule has 0 amide bonds. The van der Waals surface area contributed by atoms with Crippen LogP contribution in [-0.2, 0) is 4.74 Å². The van der Waals surface area contributed by atoms with Gasteiger partial charge in [-0.05, 0) is 61.2 Å². The largest absolute Gasteiger partial charge is 0.366 e. The molecule has 1 saturated heterocycles. The highest BCUT2D eigenvalue weighted by Crippen LogP contribution is 2.77. The van der Waals surface area contributed by atoms with E-state index in [0.717, 1.165) is 17.8 Å². The van der Waals surface area contributed by atoms with E-state index in [2.05, 4.69) is 27.7 Å². The van der Waals surface area contributed by atoms with E-state index in [-0.39, 0.29) is 5.60 Å². The van der Waals surface area contributed by atoms with Crippen molar-refractivity contribution < 1.29 is 4.74 Å². The van der Waals surface area contributed by atoms with Crippen molar-refractivity contribution in [3.05, 3.63) is 0 Å². The first-order valence-electron chi connectivity index (χ1n) is 7.09. The van der Waals surface area contributed by atoms with Crippen molar-refractivity contribution in [3.63, 3.8) is 0 Å². The first-order valence-corrected chi connectivity index (χ1v) is 7.09. The molecule has 0 radical (unpaired) electrons. The molecule has 4 aliphatic rings. The van der Waals surface area contributed by atoms with E-state index in [9.17, 15) is 0 Å². The Kier molecular flexibility index (Phi) is 1.48. The molecule has 1 nitrogen and oxygen atoms in total. The van der Waals surface area contributed by atoms with Crippen molar-refractivity contribution in [2.45, 2.75) is 65.1 Å². The Morgan fingerprint density at radius 3 is 2.50 bits per heavy atom. The Morgan fingerprint density at radius 1 is 1.00 bits per heavy atom. The highest BCUT2D eigenvalue weighted by molar-refractivity contribution is 5.24. The lowest BCUT2D eigenvalue weighted by Crippen LogP contribution is -2.36. The third-order valence-electron chi connectivity index (χ3n) is 7.18. The smallest absolute Gasteiger partial charge is 0.0954 e. The fourth-order valence-electron chi connectivity index (χ4n) is 6.21. The average Bonchev–Trinajstić information content (AvgIpc) is 2.67. The quantitative estimate of drug-likeness (QED) is 0.568. The Bertz CT molecular complexity index is 356. The second-order valence-corrected chi connectivity index (χ2v) is 7.84. The predicted octanol–water partition coefficient (Wildman–Crippen LogP) is 3.63.